The fraction of sp³-hybridized carbons (Fsp3) is 0.583. The van der Waals surface area contributed by atoms with Crippen molar-refractivity contribution in [2.45, 2.75) is 25.7 Å². The third kappa shape index (κ3) is 1.46. The Hall–Kier alpha value is -1.25. The summed E-state index contributed by atoms with van der Waals surface area (Å²) in [7, 11) is 0. The molecule has 0 amide bonds. The van der Waals surface area contributed by atoms with Crippen LogP contribution in [0.4, 0.5) is 11.5 Å². The zero-order valence-electron chi connectivity index (χ0n) is 8.95. The standard InChI is InChI=1S/C12H17N3/c13-11-4-3-10(7-14-11)15-8-12(9-15)5-1-2-6-12/h3-4,7H,1-2,5-6,8-9H2,(H2,13,14). The third-order valence-corrected chi connectivity index (χ3v) is 3.85. The normalized spacial score (nSPS) is 23.1. The first-order valence-electron chi connectivity index (χ1n) is 5.74. The van der Waals surface area contributed by atoms with Gasteiger partial charge in [-0.3, -0.25) is 0 Å². The number of hydrogen-bond acceptors (Lipinski definition) is 3. The van der Waals surface area contributed by atoms with E-state index in [1.165, 1.54) is 44.5 Å². The zero-order chi connectivity index (χ0) is 10.3. The monoisotopic (exact) mass is 203 g/mol. The molecule has 1 aromatic rings. The Morgan fingerprint density at radius 2 is 1.93 bits per heavy atom. The first-order chi connectivity index (χ1) is 7.27. The van der Waals surface area contributed by atoms with E-state index in [1.807, 2.05) is 12.3 Å². The second-order valence-electron chi connectivity index (χ2n) is 5.00. The number of nitrogens with zero attached hydrogens (tertiary/aromatic N) is 2. The predicted octanol–water partition coefficient (Wildman–Crippen LogP) is 2.04. The summed E-state index contributed by atoms with van der Waals surface area (Å²) < 4.78 is 0. The van der Waals surface area contributed by atoms with E-state index in [9.17, 15) is 0 Å². The molecule has 2 aliphatic rings. The maximum Gasteiger partial charge on any atom is 0.123 e. The van der Waals surface area contributed by atoms with Gasteiger partial charge in [0.2, 0.25) is 0 Å². The summed E-state index contributed by atoms with van der Waals surface area (Å²) in [5.41, 5.74) is 7.45. The molecule has 1 aliphatic heterocycles. The topological polar surface area (TPSA) is 42.1 Å². The van der Waals surface area contributed by atoms with E-state index >= 15 is 0 Å². The highest BCUT2D eigenvalue weighted by atomic mass is 15.2. The van der Waals surface area contributed by atoms with Crippen LogP contribution in [0, 0.1) is 5.41 Å². The van der Waals surface area contributed by atoms with Gasteiger partial charge in [-0.25, -0.2) is 4.98 Å². The van der Waals surface area contributed by atoms with E-state index in [0.717, 1.165) is 0 Å². The summed E-state index contributed by atoms with van der Waals surface area (Å²) in [6, 6.07) is 3.96. The van der Waals surface area contributed by atoms with Crippen molar-refractivity contribution in [1.29, 1.82) is 0 Å². The van der Waals surface area contributed by atoms with Gasteiger partial charge < -0.3 is 10.6 Å². The predicted molar refractivity (Wildman–Crippen MR) is 61.8 cm³/mol. The van der Waals surface area contributed by atoms with Gasteiger partial charge in [-0.2, -0.15) is 0 Å². The third-order valence-electron chi connectivity index (χ3n) is 3.85. The summed E-state index contributed by atoms with van der Waals surface area (Å²) in [4.78, 5) is 6.55. The summed E-state index contributed by atoms with van der Waals surface area (Å²) in [5, 5.41) is 0. The molecule has 2 heterocycles. The molecule has 1 saturated heterocycles. The minimum atomic E-state index is 0.606. The average molecular weight is 203 g/mol. The van der Waals surface area contributed by atoms with Crippen molar-refractivity contribution in [3.8, 4) is 0 Å². The smallest absolute Gasteiger partial charge is 0.123 e. The molecular formula is C12H17N3. The van der Waals surface area contributed by atoms with Crippen LogP contribution in [0.1, 0.15) is 25.7 Å². The lowest BCUT2D eigenvalue weighted by Crippen LogP contribution is -2.55. The van der Waals surface area contributed by atoms with E-state index in [0.29, 0.717) is 11.2 Å². The fourth-order valence-corrected chi connectivity index (χ4v) is 2.97. The molecule has 0 aromatic carbocycles. The van der Waals surface area contributed by atoms with Crippen LogP contribution in [0.25, 0.3) is 0 Å². The first-order valence-corrected chi connectivity index (χ1v) is 5.74. The molecule has 0 unspecified atom stereocenters. The maximum absolute atomic E-state index is 5.57. The van der Waals surface area contributed by atoms with Crippen molar-refractivity contribution >= 4 is 11.5 Å². The lowest BCUT2D eigenvalue weighted by molar-refractivity contribution is 0.222. The van der Waals surface area contributed by atoms with Gasteiger partial charge in [0.1, 0.15) is 5.82 Å². The Morgan fingerprint density at radius 1 is 1.20 bits per heavy atom. The molecular weight excluding hydrogens is 186 g/mol. The number of hydrogen-bond donors (Lipinski definition) is 1. The number of nitrogens with two attached hydrogens (primary N) is 1. The number of nitrogen functional groups attached to an aromatic ring is 1. The highest BCUT2D eigenvalue weighted by Gasteiger charge is 2.44. The molecule has 3 rings (SSSR count). The van der Waals surface area contributed by atoms with E-state index in [1.54, 1.807) is 0 Å². The van der Waals surface area contributed by atoms with E-state index in [-0.39, 0.29) is 0 Å². The Balaban J connectivity index is 1.69. The van der Waals surface area contributed by atoms with Crippen molar-refractivity contribution in [2.24, 2.45) is 5.41 Å². The molecule has 0 atom stereocenters. The van der Waals surface area contributed by atoms with Crippen LogP contribution in [0.15, 0.2) is 18.3 Å². The van der Waals surface area contributed by atoms with Crippen LogP contribution in [0.3, 0.4) is 0 Å². The summed E-state index contributed by atoms with van der Waals surface area (Å²) in [6.07, 6.45) is 7.58. The lowest BCUT2D eigenvalue weighted by atomic mass is 9.78. The number of anilines is 2. The van der Waals surface area contributed by atoms with Gasteiger partial charge in [-0.1, -0.05) is 12.8 Å². The molecule has 1 spiro atoms. The highest BCUT2D eigenvalue weighted by Crippen LogP contribution is 2.46. The SMILES string of the molecule is Nc1ccc(N2CC3(CCCC3)C2)cn1. The largest absolute Gasteiger partial charge is 0.384 e. The second-order valence-corrected chi connectivity index (χ2v) is 5.00. The highest BCUT2D eigenvalue weighted by molar-refractivity contribution is 5.51. The van der Waals surface area contributed by atoms with Crippen LogP contribution in [0.2, 0.25) is 0 Å². The minimum Gasteiger partial charge on any atom is -0.384 e. The van der Waals surface area contributed by atoms with Crippen LogP contribution >= 0.6 is 0 Å². The first kappa shape index (κ1) is 9.01. The molecule has 2 N–H and O–H groups in total. The van der Waals surface area contributed by atoms with Gasteiger partial charge in [0.05, 0.1) is 11.9 Å². The Kier molecular flexibility index (Phi) is 1.87. The summed E-state index contributed by atoms with van der Waals surface area (Å²) >= 11 is 0. The molecule has 0 bridgehead atoms. The van der Waals surface area contributed by atoms with Crippen molar-refractivity contribution in [3.05, 3.63) is 18.3 Å². The van der Waals surface area contributed by atoms with Gasteiger partial charge in [0.25, 0.3) is 0 Å². The van der Waals surface area contributed by atoms with Gasteiger partial charge in [0, 0.05) is 18.5 Å². The zero-order valence-corrected chi connectivity index (χ0v) is 8.95. The number of aromatic nitrogens is 1. The van der Waals surface area contributed by atoms with E-state index < -0.39 is 0 Å². The van der Waals surface area contributed by atoms with Gasteiger partial charge in [-0.15, -0.1) is 0 Å². The fourth-order valence-electron chi connectivity index (χ4n) is 2.97. The van der Waals surface area contributed by atoms with E-state index in [2.05, 4.69) is 16.0 Å². The quantitative estimate of drug-likeness (QED) is 0.759. The minimum absolute atomic E-state index is 0.606. The molecule has 2 fully saturated rings. The molecule has 3 nitrogen and oxygen atoms in total. The van der Waals surface area contributed by atoms with Crippen molar-refractivity contribution < 1.29 is 0 Å². The van der Waals surface area contributed by atoms with Crippen molar-refractivity contribution in [3.63, 3.8) is 0 Å². The van der Waals surface area contributed by atoms with Crippen LogP contribution < -0.4 is 10.6 Å². The van der Waals surface area contributed by atoms with Crippen LogP contribution in [-0.2, 0) is 0 Å². The number of rotatable bonds is 1. The maximum atomic E-state index is 5.57. The van der Waals surface area contributed by atoms with E-state index in [4.69, 9.17) is 5.73 Å². The summed E-state index contributed by atoms with van der Waals surface area (Å²) in [5.74, 6) is 0.606. The number of pyridine rings is 1. The summed E-state index contributed by atoms with van der Waals surface area (Å²) in [6.45, 7) is 2.44. The molecule has 1 aromatic heterocycles. The van der Waals surface area contributed by atoms with Gasteiger partial charge >= 0.3 is 0 Å². The Labute approximate surface area is 90.3 Å². The molecule has 1 aliphatic carbocycles. The Bertz CT molecular complexity index is 344. The molecule has 1 saturated carbocycles. The van der Waals surface area contributed by atoms with Crippen molar-refractivity contribution in [2.75, 3.05) is 23.7 Å². The molecule has 0 radical (unpaired) electrons. The molecule has 3 heteroatoms. The second kappa shape index (κ2) is 3.12. The van der Waals surface area contributed by atoms with Crippen LogP contribution in [-0.4, -0.2) is 18.1 Å². The molecule has 80 valence electrons. The lowest BCUT2D eigenvalue weighted by Gasteiger charge is -2.49. The van der Waals surface area contributed by atoms with Crippen LogP contribution in [0.5, 0.6) is 0 Å². The van der Waals surface area contributed by atoms with Crippen molar-refractivity contribution in [1.82, 2.24) is 4.98 Å². The Morgan fingerprint density at radius 3 is 2.53 bits per heavy atom. The van der Waals surface area contributed by atoms with Gasteiger partial charge in [-0.05, 0) is 25.0 Å². The van der Waals surface area contributed by atoms with Gasteiger partial charge in [0.15, 0.2) is 0 Å². The average Bonchev–Trinajstić information content (AvgIpc) is 2.66. The molecule has 15 heavy (non-hydrogen) atoms.